The van der Waals surface area contributed by atoms with Gasteiger partial charge in [-0.3, -0.25) is 4.79 Å². The fourth-order valence-corrected chi connectivity index (χ4v) is 4.19. The van der Waals surface area contributed by atoms with Crippen molar-refractivity contribution in [3.8, 4) is 34.4 Å². The molecule has 0 atom stereocenters. The van der Waals surface area contributed by atoms with Gasteiger partial charge in [-0.05, 0) is 68.1 Å². The van der Waals surface area contributed by atoms with Gasteiger partial charge in [-0.2, -0.15) is 5.26 Å². The van der Waals surface area contributed by atoms with Crippen LogP contribution in [0, 0.1) is 11.3 Å². The SMILES string of the molecule is COc1ccc(CNC(=O)/C(C#N)=C/c2c[nH]c3ncc(-c4ccc(OCCCN(C)C)cc4)cc23)cc1OC. The highest BCUT2D eigenvalue weighted by atomic mass is 16.5. The second kappa shape index (κ2) is 13.3. The number of carbonyl (C=O) groups is 1. The fourth-order valence-electron chi connectivity index (χ4n) is 4.19. The molecule has 0 fully saturated rings. The molecule has 40 heavy (non-hydrogen) atoms. The van der Waals surface area contributed by atoms with Crippen LogP contribution in [-0.2, 0) is 11.3 Å². The number of nitrogens with one attached hydrogen (secondary N) is 2. The highest BCUT2D eigenvalue weighted by Gasteiger charge is 2.13. The molecule has 9 heteroatoms. The van der Waals surface area contributed by atoms with Crippen LogP contribution in [0.5, 0.6) is 17.2 Å². The molecule has 4 rings (SSSR count). The van der Waals surface area contributed by atoms with E-state index in [2.05, 4.69) is 20.2 Å². The molecule has 0 aliphatic carbocycles. The Morgan fingerprint density at radius 2 is 1.85 bits per heavy atom. The molecule has 1 amide bonds. The summed E-state index contributed by atoms with van der Waals surface area (Å²) in [4.78, 5) is 22.6. The van der Waals surface area contributed by atoms with Crippen molar-refractivity contribution in [3.63, 3.8) is 0 Å². The molecule has 2 aromatic carbocycles. The van der Waals surface area contributed by atoms with Crippen LogP contribution < -0.4 is 19.5 Å². The predicted molar refractivity (Wildman–Crippen MR) is 155 cm³/mol. The Morgan fingerprint density at radius 1 is 1.07 bits per heavy atom. The summed E-state index contributed by atoms with van der Waals surface area (Å²) in [6.07, 6.45) is 6.06. The lowest BCUT2D eigenvalue weighted by molar-refractivity contribution is -0.117. The Kier molecular flexibility index (Phi) is 9.39. The van der Waals surface area contributed by atoms with E-state index in [1.807, 2.05) is 56.6 Å². The summed E-state index contributed by atoms with van der Waals surface area (Å²) >= 11 is 0. The van der Waals surface area contributed by atoms with E-state index in [1.54, 1.807) is 44.8 Å². The number of benzene rings is 2. The van der Waals surface area contributed by atoms with Crippen LogP contribution in [0.15, 0.2) is 66.5 Å². The van der Waals surface area contributed by atoms with Crippen LogP contribution in [-0.4, -0.2) is 62.2 Å². The monoisotopic (exact) mass is 539 g/mol. The molecule has 0 unspecified atom stereocenters. The van der Waals surface area contributed by atoms with Crippen LogP contribution in [0.25, 0.3) is 28.2 Å². The first-order chi connectivity index (χ1) is 19.4. The zero-order valence-corrected chi connectivity index (χ0v) is 23.2. The van der Waals surface area contributed by atoms with Gasteiger partial charge in [0.1, 0.15) is 23.0 Å². The molecule has 0 radical (unpaired) electrons. The van der Waals surface area contributed by atoms with Gasteiger partial charge in [0.15, 0.2) is 11.5 Å². The molecule has 9 nitrogen and oxygen atoms in total. The van der Waals surface area contributed by atoms with Gasteiger partial charge in [0.05, 0.1) is 20.8 Å². The number of fused-ring (bicyclic) bond motifs is 1. The van der Waals surface area contributed by atoms with Crippen molar-refractivity contribution in [3.05, 3.63) is 77.6 Å². The molecule has 0 bridgehead atoms. The van der Waals surface area contributed by atoms with E-state index in [9.17, 15) is 10.1 Å². The largest absolute Gasteiger partial charge is 0.494 e. The van der Waals surface area contributed by atoms with E-state index in [-0.39, 0.29) is 12.1 Å². The average Bonchev–Trinajstić information content (AvgIpc) is 3.38. The van der Waals surface area contributed by atoms with Crippen molar-refractivity contribution in [2.45, 2.75) is 13.0 Å². The van der Waals surface area contributed by atoms with Gasteiger partial charge in [0.25, 0.3) is 5.91 Å². The number of methoxy groups -OCH3 is 2. The van der Waals surface area contributed by atoms with Crippen LogP contribution >= 0.6 is 0 Å². The van der Waals surface area contributed by atoms with Gasteiger partial charge < -0.3 is 29.4 Å². The summed E-state index contributed by atoms with van der Waals surface area (Å²) in [7, 11) is 7.20. The lowest BCUT2D eigenvalue weighted by Crippen LogP contribution is -2.24. The minimum Gasteiger partial charge on any atom is -0.494 e. The van der Waals surface area contributed by atoms with E-state index in [0.29, 0.717) is 29.3 Å². The lowest BCUT2D eigenvalue weighted by Gasteiger charge is -2.11. The molecule has 206 valence electrons. The minimum absolute atomic E-state index is 0.0115. The number of amides is 1. The number of aromatic nitrogens is 2. The number of pyridine rings is 1. The Morgan fingerprint density at radius 3 is 2.55 bits per heavy atom. The van der Waals surface area contributed by atoms with E-state index >= 15 is 0 Å². The maximum atomic E-state index is 12.8. The van der Waals surface area contributed by atoms with Gasteiger partial charge in [-0.1, -0.05) is 18.2 Å². The summed E-state index contributed by atoms with van der Waals surface area (Å²) in [6, 6.07) is 17.3. The fraction of sp³-hybridized carbons (Fsp3) is 0.258. The Bertz CT molecular complexity index is 1530. The van der Waals surface area contributed by atoms with Crippen molar-refractivity contribution in [1.82, 2.24) is 20.2 Å². The predicted octanol–water partition coefficient (Wildman–Crippen LogP) is 4.80. The first kappa shape index (κ1) is 28.2. The Labute approximate surface area is 234 Å². The first-order valence-corrected chi connectivity index (χ1v) is 12.9. The Hall–Kier alpha value is -4.81. The number of nitrogens with zero attached hydrogens (tertiary/aromatic N) is 3. The molecule has 0 saturated heterocycles. The van der Waals surface area contributed by atoms with Crippen LogP contribution in [0.1, 0.15) is 17.5 Å². The molecule has 2 heterocycles. The summed E-state index contributed by atoms with van der Waals surface area (Å²) in [6.45, 7) is 1.87. The number of H-pyrrole nitrogens is 1. The minimum atomic E-state index is -0.475. The second-order valence-electron chi connectivity index (χ2n) is 9.44. The van der Waals surface area contributed by atoms with Gasteiger partial charge in [-0.25, -0.2) is 4.98 Å². The van der Waals surface area contributed by atoms with Crippen molar-refractivity contribution < 1.29 is 19.0 Å². The molecule has 2 aromatic heterocycles. The van der Waals surface area contributed by atoms with E-state index in [1.165, 1.54) is 0 Å². The zero-order chi connectivity index (χ0) is 28.5. The number of ether oxygens (including phenoxy) is 3. The third-order valence-electron chi connectivity index (χ3n) is 6.34. The second-order valence-corrected chi connectivity index (χ2v) is 9.44. The smallest absolute Gasteiger partial charge is 0.262 e. The molecular formula is C31H33N5O4. The third-order valence-corrected chi connectivity index (χ3v) is 6.34. The van der Waals surface area contributed by atoms with Gasteiger partial charge in [0, 0.05) is 42.0 Å². The zero-order valence-electron chi connectivity index (χ0n) is 23.2. The standard InChI is InChI=1S/C31H33N5O4/c1-36(2)12-5-13-40-26-9-7-22(8-10-26)24-16-27-25(20-34-30(27)33-19-24)15-23(17-32)31(37)35-18-21-6-11-28(38-3)29(14-21)39-4/h6-11,14-16,19-20H,5,12-13,18H2,1-4H3,(H,33,34)(H,35,37)/b23-15+. The van der Waals surface area contributed by atoms with Crippen molar-refractivity contribution in [1.29, 1.82) is 5.26 Å². The third kappa shape index (κ3) is 6.98. The molecule has 2 N–H and O–H groups in total. The van der Waals surface area contributed by atoms with E-state index < -0.39 is 5.91 Å². The molecule has 0 spiro atoms. The topological polar surface area (TPSA) is 112 Å². The number of aromatic amines is 1. The van der Waals surface area contributed by atoms with Crippen LogP contribution in [0.2, 0.25) is 0 Å². The van der Waals surface area contributed by atoms with Gasteiger partial charge in [0.2, 0.25) is 0 Å². The highest BCUT2D eigenvalue weighted by molar-refractivity contribution is 6.04. The quantitative estimate of drug-likeness (QED) is 0.151. The average molecular weight is 540 g/mol. The molecule has 0 aliphatic heterocycles. The molecule has 4 aromatic rings. The summed E-state index contributed by atoms with van der Waals surface area (Å²) in [5.74, 6) is 1.51. The number of hydrogen-bond acceptors (Lipinski definition) is 7. The normalized spacial score (nSPS) is 11.3. The number of rotatable bonds is 12. The van der Waals surface area contributed by atoms with Crippen molar-refractivity contribution >= 4 is 23.0 Å². The van der Waals surface area contributed by atoms with Crippen LogP contribution in [0.4, 0.5) is 0 Å². The molecule has 0 saturated carbocycles. The lowest BCUT2D eigenvalue weighted by atomic mass is 10.0. The first-order valence-electron chi connectivity index (χ1n) is 12.9. The van der Waals surface area contributed by atoms with Crippen molar-refractivity contribution in [2.75, 3.05) is 41.5 Å². The number of carbonyl (C=O) groups excluding carboxylic acids is 1. The van der Waals surface area contributed by atoms with Crippen LogP contribution in [0.3, 0.4) is 0 Å². The summed E-state index contributed by atoms with van der Waals surface area (Å²) in [5.41, 5.74) is 4.07. The summed E-state index contributed by atoms with van der Waals surface area (Å²) < 4.78 is 16.4. The summed E-state index contributed by atoms with van der Waals surface area (Å²) in [5, 5.41) is 13.3. The Balaban J connectivity index is 1.47. The molecule has 0 aliphatic rings. The molecular weight excluding hydrogens is 506 g/mol. The number of hydrogen-bond donors (Lipinski definition) is 2. The highest BCUT2D eigenvalue weighted by Crippen LogP contribution is 2.29. The van der Waals surface area contributed by atoms with E-state index in [4.69, 9.17) is 14.2 Å². The number of nitriles is 1. The van der Waals surface area contributed by atoms with Crippen molar-refractivity contribution in [2.24, 2.45) is 0 Å². The maximum absolute atomic E-state index is 12.8. The van der Waals surface area contributed by atoms with E-state index in [0.717, 1.165) is 40.8 Å². The van der Waals surface area contributed by atoms with Gasteiger partial charge >= 0.3 is 0 Å². The van der Waals surface area contributed by atoms with Gasteiger partial charge in [-0.15, -0.1) is 0 Å². The maximum Gasteiger partial charge on any atom is 0.262 e.